The molecule has 0 atom stereocenters. The van der Waals surface area contributed by atoms with Gasteiger partial charge in [0.05, 0.1) is 23.6 Å². The molecular formula is C14H18N2O4S. The Bertz CT molecular complexity index is 713. The van der Waals surface area contributed by atoms with Gasteiger partial charge in [0.2, 0.25) is 10.0 Å². The Morgan fingerprint density at radius 3 is 2.57 bits per heavy atom. The minimum Gasteiger partial charge on any atom is -0.394 e. The average Bonchev–Trinajstić information content (AvgIpc) is 2.52. The molecule has 7 heteroatoms. The standard InChI is InChI=1S/C14H18N2O4S/c1-2-14(9-17,10-18)16-21(19,20)13-5-3-4-11-8-15-7-6-12(11)13/h3-8,16-18H,2,9-10H2,1H3. The van der Waals surface area contributed by atoms with Gasteiger partial charge in [-0.15, -0.1) is 0 Å². The second-order valence-electron chi connectivity index (χ2n) is 4.91. The van der Waals surface area contributed by atoms with E-state index >= 15 is 0 Å². The largest absolute Gasteiger partial charge is 0.394 e. The van der Waals surface area contributed by atoms with Gasteiger partial charge in [0.1, 0.15) is 0 Å². The first kappa shape index (κ1) is 15.8. The van der Waals surface area contributed by atoms with E-state index < -0.39 is 28.8 Å². The predicted octanol–water partition coefficient (Wildman–Crippen LogP) is 0.646. The number of aliphatic hydroxyl groups is 2. The molecule has 114 valence electrons. The van der Waals surface area contributed by atoms with E-state index in [9.17, 15) is 18.6 Å². The van der Waals surface area contributed by atoms with Crippen LogP contribution in [-0.2, 0) is 10.0 Å². The van der Waals surface area contributed by atoms with E-state index in [4.69, 9.17) is 0 Å². The fourth-order valence-electron chi connectivity index (χ4n) is 2.08. The van der Waals surface area contributed by atoms with Crippen LogP contribution in [0.5, 0.6) is 0 Å². The van der Waals surface area contributed by atoms with Crippen LogP contribution in [0, 0.1) is 0 Å². The van der Waals surface area contributed by atoms with Crippen LogP contribution >= 0.6 is 0 Å². The topological polar surface area (TPSA) is 99.5 Å². The first-order valence-electron chi connectivity index (χ1n) is 6.56. The summed E-state index contributed by atoms with van der Waals surface area (Å²) >= 11 is 0. The summed E-state index contributed by atoms with van der Waals surface area (Å²) in [6, 6.07) is 6.51. The smallest absolute Gasteiger partial charge is 0.241 e. The van der Waals surface area contributed by atoms with Crippen LogP contribution in [0.3, 0.4) is 0 Å². The maximum absolute atomic E-state index is 12.6. The molecule has 0 aliphatic carbocycles. The van der Waals surface area contributed by atoms with Crippen molar-refractivity contribution in [3.05, 3.63) is 36.7 Å². The van der Waals surface area contributed by atoms with Crippen molar-refractivity contribution in [3.8, 4) is 0 Å². The van der Waals surface area contributed by atoms with Crippen molar-refractivity contribution < 1.29 is 18.6 Å². The van der Waals surface area contributed by atoms with Gasteiger partial charge < -0.3 is 10.2 Å². The quantitative estimate of drug-likeness (QED) is 0.727. The molecule has 6 nitrogen and oxygen atoms in total. The van der Waals surface area contributed by atoms with Crippen molar-refractivity contribution in [2.75, 3.05) is 13.2 Å². The maximum Gasteiger partial charge on any atom is 0.241 e. The van der Waals surface area contributed by atoms with Crippen molar-refractivity contribution in [3.63, 3.8) is 0 Å². The average molecular weight is 310 g/mol. The number of benzene rings is 1. The Kier molecular flexibility index (Phi) is 4.58. The summed E-state index contributed by atoms with van der Waals surface area (Å²) in [4.78, 5) is 4.06. The Morgan fingerprint density at radius 1 is 1.24 bits per heavy atom. The van der Waals surface area contributed by atoms with E-state index in [1.54, 1.807) is 31.3 Å². The highest BCUT2D eigenvalue weighted by Crippen LogP contribution is 2.23. The van der Waals surface area contributed by atoms with Gasteiger partial charge in [-0.25, -0.2) is 13.1 Å². The highest BCUT2D eigenvalue weighted by molar-refractivity contribution is 7.89. The predicted molar refractivity (Wildman–Crippen MR) is 79.3 cm³/mol. The molecule has 3 N–H and O–H groups in total. The number of rotatable bonds is 6. The first-order valence-corrected chi connectivity index (χ1v) is 8.05. The highest BCUT2D eigenvalue weighted by Gasteiger charge is 2.33. The van der Waals surface area contributed by atoms with Crippen LogP contribution in [0.4, 0.5) is 0 Å². The van der Waals surface area contributed by atoms with Crippen LogP contribution in [0.25, 0.3) is 10.8 Å². The number of hydrogen-bond donors (Lipinski definition) is 3. The van der Waals surface area contributed by atoms with Gasteiger partial charge >= 0.3 is 0 Å². The molecule has 2 aromatic rings. The van der Waals surface area contributed by atoms with Gasteiger partial charge in [-0.05, 0) is 18.6 Å². The molecule has 0 fully saturated rings. The van der Waals surface area contributed by atoms with Gasteiger partial charge in [0, 0.05) is 23.2 Å². The Morgan fingerprint density at radius 2 is 1.95 bits per heavy atom. The number of sulfonamides is 1. The maximum atomic E-state index is 12.6. The van der Waals surface area contributed by atoms with Gasteiger partial charge in [-0.2, -0.15) is 0 Å². The first-order chi connectivity index (χ1) is 9.98. The van der Waals surface area contributed by atoms with Crippen LogP contribution in [0.2, 0.25) is 0 Å². The van der Waals surface area contributed by atoms with Crippen LogP contribution in [0.1, 0.15) is 13.3 Å². The molecule has 0 aliphatic heterocycles. The monoisotopic (exact) mass is 310 g/mol. The van der Waals surface area contributed by atoms with Crippen molar-refractivity contribution >= 4 is 20.8 Å². The molecule has 0 bridgehead atoms. The SMILES string of the molecule is CCC(CO)(CO)NS(=O)(=O)c1cccc2cnccc12. The van der Waals surface area contributed by atoms with Crippen molar-refractivity contribution in [1.29, 1.82) is 0 Å². The lowest BCUT2D eigenvalue weighted by Crippen LogP contribution is -2.53. The van der Waals surface area contributed by atoms with Gasteiger partial charge in [0.25, 0.3) is 0 Å². The van der Waals surface area contributed by atoms with E-state index in [1.807, 2.05) is 0 Å². The summed E-state index contributed by atoms with van der Waals surface area (Å²) in [5, 5.41) is 20.1. The molecule has 1 aromatic carbocycles. The summed E-state index contributed by atoms with van der Waals surface area (Å²) in [7, 11) is -3.88. The third-order valence-corrected chi connectivity index (χ3v) is 5.20. The fourth-order valence-corrected chi connectivity index (χ4v) is 3.76. The second-order valence-corrected chi connectivity index (χ2v) is 6.56. The summed E-state index contributed by atoms with van der Waals surface area (Å²) in [6.45, 7) is 0.735. The summed E-state index contributed by atoms with van der Waals surface area (Å²) in [5.41, 5.74) is -1.27. The van der Waals surface area contributed by atoms with E-state index in [0.717, 1.165) is 0 Å². The summed E-state index contributed by atoms with van der Waals surface area (Å²) in [6.07, 6.45) is 3.37. The van der Waals surface area contributed by atoms with E-state index in [2.05, 4.69) is 9.71 Å². The number of hydrogen-bond acceptors (Lipinski definition) is 5. The van der Waals surface area contributed by atoms with Crippen LogP contribution in [0.15, 0.2) is 41.6 Å². The van der Waals surface area contributed by atoms with E-state index in [0.29, 0.717) is 10.8 Å². The molecule has 1 aromatic heterocycles. The van der Waals surface area contributed by atoms with Crippen molar-refractivity contribution in [2.24, 2.45) is 0 Å². The number of aliphatic hydroxyl groups excluding tert-OH is 2. The van der Waals surface area contributed by atoms with Crippen LogP contribution in [-0.4, -0.2) is 42.4 Å². The molecule has 2 rings (SSSR count). The molecule has 1 heterocycles. The van der Waals surface area contributed by atoms with Gasteiger partial charge in [-0.1, -0.05) is 19.1 Å². The van der Waals surface area contributed by atoms with Crippen molar-refractivity contribution in [1.82, 2.24) is 9.71 Å². The Labute approximate surface area is 123 Å². The zero-order valence-corrected chi connectivity index (χ0v) is 12.5. The minimum atomic E-state index is -3.88. The molecule has 0 unspecified atom stereocenters. The zero-order chi connectivity index (χ0) is 15.5. The zero-order valence-electron chi connectivity index (χ0n) is 11.7. The molecular weight excluding hydrogens is 292 g/mol. The molecule has 0 radical (unpaired) electrons. The number of nitrogens with zero attached hydrogens (tertiary/aromatic N) is 1. The third kappa shape index (κ3) is 3.06. The normalized spacial score (nSPS) is 12.7. The lowest BCUT2D eigenvalue weighted by molar-refractivity contribution is 0.105. The molecule has 0 aliphatic rings. The van der Waals surface area contributed by atoms with E-state index in [-0.39, 0.29) is 11.3 Å². The summed E-state index contributed by atoms with van der Waals surface area (Å²) in [5.74, 6) is 0. The lowest BCUT2D eigenvalue weighted by Gasteiger charge is -2.29. The second kappa shape index (κ2) is 6.07. The third-order valence-electron chi connectivity index (χ3n) is 3.56. The molecule has 0 saturated carbocycles. The number of fused-ring (bicyclic) bond motifs is 1. The summed E-state index contributed by atoms with van der Waals surface area (Å²) < 4.78 is 27.6. The Hall–Kier alpha value is -1.54. The molecule has 0 amide bonds. The fraction of sp³-hybridized carbons (Fsp3) is 0.357. The number of nitrogens with one attached hydrogen (secondary N) is 1. The van der Waals surface area contributed by atoms with Gasteiger partial charge in [0.15, 0.2) is 0 Å². The number of aromatic nitrogens is 1. The lowest BCUT2D eigenvalue weighted by atomic mass is 10.0. The van der Waals surface area contributed by atoms with E-state index in [1.165, 1.54) is 12.3 Å². The number of pyridine rings is 1. The minimum absolute atomic E-state index is 0.0992. The van der Waals surface area contributed by atoms with Crippen LogP contribution < -0.4 is 4.72 Å². The Balaban J connectivity index is 2.52. The van der Waals surface area contributed by atoms with Crippen molar-refractivity contribution in [2.45, 2.75) is 23.8 Å². The highest BCUT2D eigenvalue weighted by atomic mass is 32.2. The molecule has 0 spiro atoms. The molecule has 21 heavy (non-hydrogen) atoms. The molecule has 0 saturated heterocycles. The van der Waals surface area contributed by atoms with Gasteiger partial charge in [-0.3, -0.25) is 4.98 Å².